The van der Waals surface area contributed by atoms with E-state index in [0.29, 0.717) is 5.92 Å². The average molecular weight is 302 g/mol. The molecule has 3 rings (SSSR count). The van der Waals surface area contributed by atoms with Crippen molar-refractivity contribution in [3.05, 3.63) is 46.4 Å². The lowest BCUT2D eigenvalue weighted by Crippen LogP contribution is -2.27. The maximum absolute atomic E-state index is 5.32. The largest absolute Gasteiger partial charge is 0.497 e. The predicted octanol–water partition coefficient (Wildman–Crippen LogP) is 3.31. The van der Waals surface area contributed by atoms with Crippen LogP contribution < -0.4 is 10.1 Å². The summed E-state index contributed by atoms with van der Waals surface area (Å²) in [7, 11) is 1.72. The van der Waals surface area contributed by atoms with E-state index in [1.807, 2.05) is 11.6 Å². The second-order valence-electron chi connectivity index (χ2n) is 5.79. The van der Waals surface area contributed by atoms with Gasteiger partial charge in [-0.2, -0.15) is 0 Å². The minimum Gasteiger partial charge on any atom is -0.497 e. The minimum absolute atomic E-state index is 0.583. The zero-order chi connectivity index (χ0) is 14.5. The Labute approximate surface area is 130 Å². The molecule has 21 heavy (non-hydrogen) atoms. The standard InChI is InChI=1S/C17H22N2OS/c1-20-17-4-2-3-13(9-17)7-14(10-18-15-5-6-15)8-16-11-21-12-19-16/h2-4,9,11-12,14-15,18H,5-8,10H2,1H3. The number of hydrogen-bond acceptors (Lipinski definition) is 4. The SMILES string of the molecule is COc1cccc(CC(CNC2CC2)Cc2cscn2)c1. The van der Waals surface area contributed by atoms with Crippen LogP contribution in [0.4, 0.5) is 0 Å². The number of nitrogens with one attached hydrogen (secondary N) is 1. The minimum atomic E-state index is 0.583. The lowest BCUT2D eigenvalue weighted by molar-refractivity contribution is 0.413. The third-order valence-corrected chi connectivity index (χ3v) is 4.55. The van der Waals surface area contributed by atoms with Crippen molar-refractivity contribution in [1.29, 1.82) is 0 Å². The summed E-state index contributed by atoms with van der Waals surface area (Å²) in [5.74, 6) is 1.52. The Kier molecular flexibility index (Phi) is 4.88. The van der Waals surface area contributed by atoms with Crippen molar-refractivity contribution >= 4 is 11.3 Å². The Balaban J connectivity index is 1.64. The molecule has 1 N–H and O–H groups in total. The molecule has 1 saturated carbocycles. The van der Waals surface area contributed by atoms with Gasteiger partial charge in [-0.15, -0.1) is 11.3 Å². The maximum Gasteiger partial charge on any atom is 0.119 e. The molecule has 0 amide bonds. The number of hydrogen-bond donors (Lipinski definition) is 1. The molecule has 2 aromatic rings. The third-order valence-electron chi connectivity index (χ3n) is 3.91. The molecule has 4 heteroatoms. The summed E-state index contributed by atoms with van der Waals surface area (Å²) in [6.07, 6.45) is 4.78. The molecule has 1 aliphatic carbocycles. The van der Waals surface area contributed by atoms with Crippen molar-refractivity contribution in [3.63, 3.8) is 0 Å². The Hall–Kier alpha value is -1.39. The highest BCUT2D eigenvalue weighted by Gasteiger charge is 2.22. The van der Waals surface area contributed by atoms with Crippen LogP contribution in [0, 0.1) is 5.92 Å². The average Bonchev–Trinajstić information content (AvgIpc) is 3.21. The molecule has 1 aromatic carbocycles. The van der Waals surface area contributed by atoms with E-state index in [4.69, 9.17) is 4.74 Å². The van der Waals surface area contributed by atoms with Crippen molar-refractivity contribution in [3.8, 4) is 5.75 Å². The van der Waals surface area contributed by atoms with Gasteiger partial charge >= 0.3 is 0 Å². The molecular formula is C17H22N2OS. The first kappa shape index (κ1) is 14.5. The lowest BCUT2D eigenvalue weighted by atomic mass is 9.94. The number of benzene rings is 1. The summed E-state index contributed by atoms with van der Waals surface area (Å²) in [6, 6.07) is 9.16. The van der Waals surface area contributed by atoms with Crippen LogP contribution in [0.15, 0.2) is 35.2 Å². The van der Waals surface area contributed by atoms with E-state index in [-0.39, 0.29) is 0 Å². The number of methoxy groups -OCH3 is 1. The molecule has 0 radical (unpaired) electrons. The van der Waals surface area contributed by atoms with Gasteiger partial charge in [0.15, 0.2) is 0 Å². The van der Waals surface area contributed by atoms with Gasteiger partial charge in [0.25, 0.3) is 0 Å². The summed E-state index contributed by atoms with van der Waals surface area (Å²) in [5.41, 5.74) is 4.48. The van der Waals surface area contributed by atoms with Gasteiger partial charge in [-0.05, 0) is 55.8 Å². The smallest absolute Gasteiger partial charge is 0.119 e. The van der Waals surface area contributed by atoms with E-state index in [9.17, 15) is 0 Å². The lowest BCUT2D eigenvalue weighted by Gasteiger charge is -2.17. The van der Waals surface area contributed by atoms with Crippen molar-refractivity contribution in [2.45, 2.75) is 31.7 Å². The molecule has 1 atom stereocenters. The molecule has 1 unspecified atom stereocenters. The van der Waals surface area contributed by atoms with Crippen LogP contribution in [-0.4, -0.2) is 24.7 Å². The number of nitrogens with zero attached hydrogens (tertiary/aromatic N) is 1. The van der Waals surface area contributed by atoms with Crippen molar-refractivity contribution < 1.29 is 4.74 Å². The zero-order valence-corrected chi connectivity index (χ0v) is 13.2. The number of rotatable bonds is 8. The monoisotopic (exact) mass is 302 g/mol. The molecular weight excluding hydrogens is 280 g/mol. The molecule has 0 bridgehead atoms. The fourth-order valence-corrected chi connectivity index (χ4v) is 3.18. The van der Waals surface area contributed by atoms with Gasteiger partial charge in [0.2, 0.25) is 0 Å². The van der Waals surface area contributed by atoms with Gasteiger partial charge in [0, 0.05) is 11.4 Å². The Morgan fingerprint density at radius 3 is 3.00 bits per heavy atom. The van der Waals surface area contributed by atoms with Crippen LogP contribution in [-0.2, 0) is 12.8 Å². The normalized spacial score (nSPS) is 15.9. The number of aromatic nitrogens is 1. The fourth-order valence-electron chi connectivity index (χ4n) is 2.60. The van der Waals surface area contributed by atoms with Gasteiger partial charge in [0.05, 0.1) is 18.3 Å². The van der Waals surface area contributed by atoms with Crippen LogP contribution in [0.25, 0.3) is 0 Å². The summed E-state index contributed by atoms with van der Waals surface area (Å²) < 4.78 is 5.32. The molecule has 0 spiro atoms. The van der Waals surface area contributed by atoms with Crippen LogP contribution >= 0.6 is 11.3 Å². The summed E-state index contributed by atoms with van der Waals surface area (Å²) in [5, 5.41) is 5.82. The summed E-state index contributed by atoms with van der Waals surface area (Å²) in [6.45, 7) is 1.07. The molecule has 3 nitrogen and oxygen atoms in total. The van der Waals surface area contributed by atoms with Gasteiger partial charge in [-0.1, -0.05) is 12.1 Å². The first-order chi connectivity index (χ1) is 10.3. The predicted molar refractivity (Wildman–Crippen MR) is 87.0 cm³/mol. The first-order valence-corrected chi connectivity index (χ1v) is 8.51. The topological polar surface area (TPSA) is 34.1 Å². The molecule has 1 fully saturated rings. The Bertz CT molecular complexity index is 552. The molecule has 0 aliphatic heterocycles. The highest BCUT2D eigenvalue weighted by Crippen LogP contribution is 2.22. The van der Waals surface area contributed by atoms with Crippen LogP contribution in [0.5, 0.6) is 5.75 Å². The molecule has 1 aromatic heterocycles. The third kappa shape index (κ3) is 4.55. The van der Waals surface area contributed by atoms with Crippen molar-refractivity contribution in [2.24, 2.45) is 5.92 Å². The molecule has 0 saturated heterocycles. The maximum atomic E-state index is 5.32. The van der Waals surface area contributed by atoms with Crippen LogP contribution in [0.1, 0.15) is 24.1 Å². The van der Waals surface area contributed by atoms with Crippen LogP contribution in [0.2, 0.25) is 0 Å². The molecule has 112 valence electrons. The highest BCUT2D eigenvalue weighted by molar-refractivity contribution is 7.07. The van der Waals surface area contributed by atoms with Crippen molar-refractivity contribution in [2.75, 3.05) is 13.7 Å². The van der Waals surface area contributed by atoms with E-state index < -0.39 is 0 Å². The fraction of sp³-hybridized carbons (Fsp3) is 0.471. The van der Waals surface area contributed by atoms with E-state index in [0.717, 1.165) is 31.2 Å². The van der Waals surface area contributed by atoms with Gasteiger partial charge in [-0.3, -0.25) is 0 Å². The number of thiazole rings is 1. The van der Waals surface area contributed by atoms with E-state index in [1.54, 1.807) is 18.4 Å². The van der Waals surface area contributed by atoms with E-state index in [2.05, 4.69) is 33.9 Å². The van der Waals surface area contributed by atoms with Gasteiger partial charge in [-0.25, -0.2) is 4.98 Å². The van der Waals surface area contributed by atoms with Crippen molar-refractivity contribution in [1.82, 2.24) is 10.3 Å². The zero-order valence-electron chi connectivity index (χ0n) is 12.4. The van der Waals surface area contributed by atoms with Gasteiger partial charge in [0.1, 0.15) is 5.75 Å². The highest BCUT2D eigenvalue weighted by atomic mass is 32.1. The summed E-state index contributed by atoms with van der Waals surface area (Å²) in [4.78, 5) is 4.44. The summed E-state index contributed by atoms with van der Waals surface area (Å²) >= 11 is 1.68. The Morgan fingerprint density at radius 1 is 1.38 bits per heavy atom. The Morgan fingerprint density at radius 2 is 2.29 bits per heavy atom. The van der Waals surface area contributed by atoms with E-state index in [1.165, 1.54) is 24.1 Å². The van der Waals surface area contributed by atoms with Crippen LogP contribution in [0.3, 0.4) is 0 Å². The second-order valence-corrected chi connectivity index (χ2v) is 6.51. The first-order valence-electron chi connectivity index (χ1n) is 7.57. The molecule has 1 aliphatic rings. The quantitative estimate of drug-likeness (QED) is 0.812. The number of ether oxygens (including phenoxy) is 1. The second kappa shape index (κ2) is 7.05. The van der Waals surface area contributed by atoms with Gasteiger partial charge < -0.3 is 10.1 Å². The molecule has 1 heterocycles. The van der Waals surface area contributed by atoms with E-state index >= 15 is 0 Å².